The first-order chi connectivity index (χ1) is 9.51. The van der Waals surface area contributed by atoms with Crippen LogP contribution in [0.3, 0.4) is 0 Å². The highest BCUT2D eigenvalue weighted by Gasteiger charge is 2.12. The molecule has 0 spiro atoms. The Kier molecular flexibility index (Phi) is 4.60. The van der Waals surface area contributed by atoms with E-state index in [9.17, 15) is 8.78 Å². The van der Waals surface area contributed by atoms with Crippen molar-refractivity contribution in [2.45, 2.75) is 13.0 Å². The minimum atomic E-state index is -0.431. The second-order valence-corrected chi connectivity index (χ2v) is 5.30. The van der Waals surface area contributed by atoms with E-state index in [1.807, 2.05) is 6.92 Å². The molecule has 0 fully saturated rings. The van der Waals surface area contributed by atoms with E-state index in [2.05, 4.69) is 21.2 Å². The SMILES string of the molecule is COc1cc(NC(C)c2cc(Br)ccc2F)ccc1F. The van der Waals surface area contributed by atoms with Crippen molar-refractivity contribution in [3.05, 3.63) is 58.1 Å². The lowest BCUT2D eigenvalue weighted by Gasteiger charge is -2.17. The Balaban J connectivity index is 2.23. The third-order valence-corrected chi connectivity index (χ3v) is 3.45. The molecule has 0 aliphatic carbocycles. The Bertz CT molecular complexity index is 619. The number of rotatable bonds is 4. The third-order valence-electron chi connectivity index (χ3n) is 2.96. The van der Waals surface area contributed by atoms with Crippen LogP contribution in [0.15, 0.2) is 40.9 Å². The topological polar surface area (TPSA) is 21.3 Å². The maximum atomic E-state index is 13.8. The summed E-state index contributed by atoms with van der Waals surface area (Å²) in [6.45, 7) is 1.83. The van der Waals surface area contributed by atoms with Crippen molar-refractivity contribution in [1.29, 1.82) is 0 Å². The molecule has 20 heavy (non-hydrogen) atoms. The minimum absolute atomic E-state index is 0.150. The first-order valence-corrected chi connectivity index (χ1v) is 6.85. The Morgan fingerprint density at radius 3 is 2.50 bits per heavy atom. The van der Waals surface area contributed by atoms with Crippen molar-refractivity contribution in [1.82, 2.24) is 0 Å². The van der Waals surface area contributed by atoms with Gasteiger partial charge in [-0.2, -0.15) is 0 Å². The van der Waals surface area contributed by atoms with Gasteiger partial charge in [0, 0.05) is 21.8 Å². The highest BCUT2D eigenvalue weighted by Crippen LogP contribution is 2.27. The maximum absolute atomic E-state index is 13.8. The van der Waals surface area contributed by atoms with Crippen LogP contribution in [-0.4, -0.2) is 7.11 Å². The number of ether oxygens (including phenoxy) is 1. The Hall–Kier alpha value is -1.62. The number of benzene rings is 2. The van der Waals surface area contributed by atoms with Gasteiger partial charge in [0.15, 0.2) is 11.6 Å². The van der Waals surface area contributed by atoms with Crippen LogP contribution < -0.4 is 10.1 Å². The molecule has 2 aromatic carbocycles. The van der Waals surface area contributed by atoms with E-state index < -0.39 is 5.82 Å². The van der Waals surface area contributed by atoms with Crippen molar-refractivity contribution in [3.8, 4) is 5.75 Å². The number of anilines is 1. The molecule has 0 bridgehead atoms. The molecular formula is C15H14BrF2NO. The number of hydrogen-bond donors (Lipinski definition) is 1. The number of hydrogen-bond acceptors (Lipinski definition) is 2. The lowest BCUT2D eigenvalue weighted by atomic mass is 10.1. The number of methoxy groups -OCH3 is 1. The molecule has 2 aromatic rings. The van der Waals surface area contributed by atoms with Gasteiger partial charge in [-0.1, -0.05) is 15.9 Å². The Labute approximate surface area is 124 Å². The van der Waals surface area contributed by atoms with Gasteiger partial charge in [0.2, 0.25) is 0 Å². The van der Waals surface area contributed by atoms with E-state index >= 15 is 0 Å². The lowest BCUT2D eigenvalue weighted by molar-refractivity contribution is 0.387. The zero-order valence-electron chi connectivity index (χ0n) is 11.1. The Morgan fingerprint density at radius 1 is 1.10 bits per heavy atom. The third kappa shape index (κ3) is 3.28. The average molecular weight is 342 g/mol. The molecule has 0 heterocycles. The van der Waals surface area contributed by atoms with Gasteiger partial charge in [-0.15, -0.1) is 0 Å². The largest absolute Gasteiger partial charge is 0.494 e. The molecule has 2 nitrogen and oxygen atoms in total. The standard InChI is InChI=1S/C15H14BrF2NO/c1-9(12-7-10(16)3-5-13(12)17)19-11-4-6-14(18)15(8-11)20-2/h3-9,19H,1-2H3. The molecule has 1 N–H and O–H groups in total. The van der Waals surface area contributed by atoms with Gasteiger partial charge in [0.1, 0.15) is 5.82 Å². The fourth-order valence-electron chi connectivity index (χ4n) is 1.92. The van der Waals surface area contributed by atoms with Crippen LogP contribution in [0.4, 0.5) is 14.5 Å². The van der Waals surface area contributed by atoms with Crippen molar-refractivity contribution >= 4 is 21.6 Å². The molecule has 106 valence electrons. The van der Waals surface area contributed by atoms with Crippen molar-refractivity contribution < 1.29 is 13.5 Å². The van der Waals surface area contributed by atoms with Gasteiger partial charge in [-0.05, 0) is 37.3 Å². The molecule has 0 radical (unpaired) electrons. The Morgan fingerprint density at radius 2 is 1.80 bits per heavy atom. The normalized spacial score (nSPS) is 12.1. The molecule has 0 aliphatic heterocycles. The maximum Gasteiger partial charge on any atom is 0.165 e. The zero-order valence-corrected chi connectivity index (χ0v) is 12.7. The highest BCUT2D eigenvalue weighted by molar-refractivity contribution is 9.10. The molecule has 1 unspecified atom stereocenters. The smallest absolute Gasteiger partial charge is 0.165 e. The van der Waals surface area contributed by atoms with E-state index in [0.29, 0.717) is 11.3 Å². The fourth-order valence-corrected chi connectivity index (χ4v) is 2.30. The summed E-state index contributed by atoms with van der Waals surface area (Å²) in [5.74, 6) is -0.571. The van der Waals surface area contributed by atoms with Crippen LogP contribution in [0.5, 0.6) is 5.75 Å². The summed E-state index contributed by atoms with van der Waals surface area (Å²) in [6, 6.07) is 8.95. The second kappa shape index (κ2) is 6.22. The van der Waals surface area contributed by atoms with Crippen LogP contribution in [0.1, 0.15) is 18.5 Å². The lowest BCUT2D eigenvalue weighted by Crippen LogP contribution is -2.09. The van der Waals surface area contributed by atoms with Gasteiger partial charge >= 0.3 is 0 Å². The molecule has 0 amide bonds. The van der Waals surface area contributed by atoms with Crippen LogP contribution >= 0.6 is 15.9 Å². The van der Waals surface area contributed by atoms with Crippen LogP contribution in [0.2, 0.25) is 0 Å². The number of nitrogens with one attached hydrogen (secondary N) is 1. The minimum Gasteiger partial charge on any atom is -0.494 e. The van der Waals surface area contributed by atoms with Gasteiger partial charge < -0.3 is 10.1 Å². The first kappa shape index (κ1) is 14.8. The molecule has 0 saturated carbocycles. The zero-order chi connectivity index (χ0) is 14.7. The van der Waals surface area contributed by atoms with E-state index in [-0.39, 0.29) is 17.6 Å². The van der Waals surface area contributed by atoms with Gasteiger partial charge in [-0.25, -0.2) is 8.78 Å². The molecule has 2 rings (SSSR count). The van der Waals surface area contributed by atoms with E-state index in [1.54, 1.807) is 24.3 Å². The summed E-state index contributed by atoms with van der Waals surface area (Å²) in [4.78, 5) is 0. The summed E-state index contributed by atoms with van der Waals surface area (Å²) in [6.07, 6.45) is 0. The number of halogens is 3. The van der Waals surface area contributed by atoms with Crippen molar-refractivity contribution in [2.24, 2.45) is 0 Å². The van der Waals surface area contributed by atoms with Crippen LogP contribution in [0, 0.1) is 11.6 Å². The van der Waals surface area contributed by atoms with Crippen molar-refractivity contribution in [2.75, 3.05) is 12.4 Å². The predicted molar refractivity (Wildman–Crippen MR) is 79.1 cm³/mol. The molecule has 0 saturated heterocycles. The summed E-state index contributed by atoms with van der Waals surface area (Å²) in [5.41, 5.74) is 1.19. The summed E-state index contributed by atoms with van der Waals surface area (Å²) < 4.78 is 32.8. The highest BCUT2D eigenvalue weighted by atomic mass is 79.9. The fraction of sp³-hybridized carbons (Fsp3) is 0.200. The summed E-state index contributed by atoms with van der Waals surface area (Å²) >= 11 is 3.32. The second-order valence-electron chi connectivity index (χ2n) is 4.38. The molecule has 0 aromatic heterocycles. The molecule has 0 aliphatic rings. The monoisotopic (exact) mass is 341 g/mol. The van der Waals surface area contributed by atoms with E-state index in [1.165, 1.54) is 19.2 Å². The van der Waals surface area contributed by atoms with Crippen LogP contribution in [-0.2, 0) is 0 Å². The molecular weight excluding hydrogens is 328 g/mol. The summed E-state index contributed by atoms with van der Waals surface area (Å²) in [7, 11) is 1.40. The van der Waals surface area contributed by atoms with E-state index in [0.717, 1.165) is 4.47 Å². The molecule has 1 atom stereocenters. The average Bonchev–Trinajstić information content (AvgIpc) is 2.43. The predicted octanol–water partition coefficient (Wildman–Crippen LogP) is 4.91. The van der Waals surface area contributed by atoms with Gasteiger partial charge in [0.25, 0.3) is 0 Å². The molecule has 5 heteroatoms. The van der Waals surface area contributed by atoms with Crippen LogP contribution in [0.25, 0.3) is 0 Å². The summed E-state index contributed by atoms with van der Waals surface area (Å²) in [5, 5.41) is 3.12. The van der Waals surface area contributed by atoms with Crippen molar-refractivity contribution in [3.63, 3.8) is 0 Å². The van der Waals surface area contributed by atoms with E-state index in [4.69, 9.17) is 4.74 Å². The first-order valence-electron chi connectivity index (χ1n) is 6.06. The van der Waals surface area contributed by atoms with Gasteiger partial charge in [-0.3, -0.25) is 0 Å². The quantitative estimate of drug-likeness (QED) is 0.853. The van der Waals surface area contributed by atoms with Gasteiger partial charge in [0.05, 0.1) is 13.2 Å².